The van der Waals surface area contributed by atoms with Gasteiger partial charge in [-0.3, -0.25) is 4.90 Å². The van der Waals surface area contributed by atoms with E-state index in [2.05, 4.69) is 35.2 Å². The second-order valence-corrected chi connectivity index (χ2v) is 5.00. The van der Waals surface area contributed by atoms with Crippen LogP contribution in [0.5, 0.6) is 0 Å². The molecule has 1 heterocycles. The number of hydrogen-bond acceptors (Lipinski definition) is 1. The molecule has 0 N–H and O–H groups in total. The minimum absolute atomic E-state index is 0.984. The van der Waals surface area contributed by atoms with E-state index >= 15 is 0 Å². The van der Waals surface area contributed by atoms with Gasteiger partial charge in [-0.05, 0) is 37.4 Å². The summed E-state index contributed by atoms with van der Waals surface area (Å²) in [5.41, 5.74) is 2.79. The number of rotatable bonds is 2. The van der Waals surface area contributed by atoms with Crippen LogP contribution in [0.4, 0.5) is 0 Å². The summed E-state index contributed by atoms with van der Waals surface area (Å²) >= 11 is 6.08. The van der Waals surface area contributed by atoms with Gasteiger partial charge in [0.05, 0.1) is 0 Å². The Balaban J connectivity index is 1.99. The van der Waals surface area contributed by atoms with Crippen molar-refractivity contribution in [1.29, 1.82) is 0 Å². The molecule has 0 amide bonds. The predicted octanol–water partition coefficient (Wildman–Crippen LogP) is 3.80. The quantitative estimate of drug-likeness (QED) is 0.754. The molecule has 2 rings (SSSR count). The van der Waals surface area contributed by atoms with Crippen molar-refractivity contribution >= 4 is 11.6 Å². The smallest absolute Gasteiger partial charge is 0.0237 e. The van der Waals surface area contributed by atoms with Crippen LogP contribution in [0.15, 0.2) is 40.9 Å². The van der Waals surface area contributed by atoms with Crippen molar-refractivity contribution in [3.05, 3.63) is 46.5 Å². The Bertz CT molecular complexity index is 366. The summed E-state index contributed by atoms with van der Waals surface area (Å²) in [5.74, 6) is 0. The van der Waals surface area contributed by atoms with Crippen molar-refractivity contribution in [2.75, 3.05) is 13.1 Å². The fourth-order valence-corrected chi connectivity index (χ4v) is 2.36. The highest BCUT2D eigenvalue weighted by Crippen LogP contribution is 2.22. The minimum Gasteiger partial charge on any atom is -0.295 e. The maximum atomic E-state index is 6.08. The van der Waals surface area contributed by atoms with Crippen LogP contribution in [0.2, 0.25) is 0 Å². The molecular formula is C14H18ClN. The molecule has 1 saturated heterocycles. The first-order valence-corrected chi connectivity index (χ1v) is 6.24. The molecule has 1 aliphatic rings. The average Bonchev–Trinajstić information content (AvgIpc) is 2.30. The first-order valence-electron chi connectivity index (χ1n) is 5.86. The molecule has 0 spiro atoms. The van der Waals surface area contributed by atoms with Crippen LogP contribution in [0.1, 0.15) is 25.3 Å². The molecule has 0 unspecified atom stereocenters. The number of likely N-dealkylation sites (tertiary alicyclic amines) is 1. The first kappa shape index (κ1) is 11.7. The molecule has 86 valence electrons. The van der Waals surface area contributed by atoms with Gasteiger partial charge < -0.3 is 0 Å². The van der Waals surface area contributed by atoms with Crippen molar-refractivity contribution in [3.8, 4) is 0 Å². The van der Waals surface area contributed by atoms with E-state index in [-0.39, 0.29) is 0 Å². The van der Waals surface area contributed by atoms with Crippen LogP contribution in [0, 0.1) is 0 Å². The molecule has 1 aromatic carbocycles. The summed E-state index contributed by atoms with van der Waals surface area (Å²) in [4.78, 5) is 2.47. The zero-order valence-corrected chi connectivity index (χ0v) is 10.5. The van der Waals surface area contributed by atoms with Gasteiger partial charge in [-0.25, -0.2) is 0 Å². The van der Waals surface area contributed by atoms with Gasteiger partial charge in [0.25, 0.3) is 0 Å². The lowest BCUT2D eigenvalue weighted by atomic mass is 10.0. The Morgan fingerprint density at radius 2 is 2.06 bits per heavy atom. The van der Waals surface area contributed by atoms with Gasteiger partial charge in [0.15, 0.2) is 0 Å². The highest BCUT2D eigenvalue weighted by Gasteiger charge is 2.15. The maximum absolute atomic E-state index is 6.08. The molecule has 0 saturated carbocycles. The molecular weight excluding hydrogens is 218 g/mol. The van der Waals surface area contributed by atoms with E-state index in [0.717, 1.165) is 18.1 Å². The molecule has 0 aromatic heterocycles. The third kappa shape index (κ3) is 3.10. The fraction of sp³-hybridized carbons (Fsp3) is 0.429. The van der Waals surface area contributed by atoms with Crippen molar-refractivity contribution in [3.63, 3.8) is 0 Å². The van der Waals surface area contributed by atoms with E-state index in [1.54, 1.807) is 0 Å². The lowest BCUT2D eigenvalue weighted by Gasteiger charge is -2.29. The molecule has 16 heavy (non-hydrogen) atoms. The van der Waals surface area contributed by atoms with Crippen molar-refractivity contribution in [2.45, 2.75) is 26.3 Å². The third-order valence-electron chi connectivity index (χ3n) is 3.10. The van der Waals surface area contributed by atoms with Gasteiger partial charge >= 0.3 is 0 Å². The van der Waals surface area contributed by atoms with Gasteiger partial charge in [0.1, 0.15) is 0 Å². The summed E-state index contributed by atoms with van der Waals surface area (Å²) in [7, 11) is 0. The Labute approximate surface area is 103 Å². The van der Waals surface area contributed by atoms with Gasteiger partial charge in [-0.15, -0.1) is 0 Å². The van der Waals surface area contributed by atoms with E-state index in [1.807, 2.05) is 6.92 Å². The number of allylic oxidation sites excluding steroid dienone is 1. The van der Waals surface area contributed by atoms with Gasteiger partial charge in [-0.1, -0.05) is 41.9 Å². The molecule has 1 fully saturated rings. The summed E-state index contributed by atoms with van der Waals surface area (Å²) in [5, 5.41) is 0.984. The van der Waals surface area contributed by atoms with Crippen LogP contribution >= 0.6 is 11.6 Å². The summed E-state index contributed by atoms with van der Waals surface area (Å²) in [6, 6.07) is 10.6. The molecule has 1 nitrogen and oxygen atoms in total. The fourth-order valence-electron chi connectivity index (χ4n) is 2.20. The number of hydrogen-bond donors (Lipinski definition) is 0. The zero-order valence-electron chi connectivity index (χ0n) is 9.75. The maximum Gasteiger partial charge on any atom is 0.0237 e. The van der Waals surface area contributed by atoms with Crippen molar-refractivity contribution in [2.24, 2.45) is 0 Å². The van der Waals surface area contributed by atoms with Crippen molar-refractivity contribution < 1.29 is 0 Å². The Morgan fingerprint density at radius 3 is 2.75 bits per heavy atom. The number of benzene rings is 1. The SMILES string of the molecule is C/C(Cl)=C1/CCCN(Cc2ccccc2)C1. The van der Waals surface area contributed by atoms with E-state index < -0.39 is 0 Å². The minimum atomic E-state index is 0.984. The molecule has 0 bridgehead atoms. The summed E-state index contributed by atoms with van der Waals surface area (Å²) in [6.45, 7) is 5.25. The number of halogens is 1. The predicted molar refractivity (Wildman–Crippen MR) is 69.5 cm³/mol. The number of nitrogens with zero attached hydrogens (tertiary/aromatic N) is 1. The van der Waals surface area contributed by atoms with Crippen LogP contribution in [0.25, 0.3) is 0 Å². The Hall–Kier alpha value is -0.790. The molecule has 1 aromatic rings. The van der Waals surface area contributed by atoms with Crippen LogP contribution < -0.4 is 0 Å². The van der Waals surface area contributed by atoms with Gasteiger partial charge in [-0.2, -0.15) is 0 Å². The second kappa shape index (κ2) is 5.51. The third-order valence-corrected chi connectivity index (χ3v) is 3.37. The highest BCUT2D eigenvalue weighted by atomic mass is 35.5. The van der Waals surface area contributed by atoms with E-state index in [4.69, 9.17) is 11.6 Å². The topological polar surface area (TPSA) is 3.24 Å². The van der Waals surface area contributed by atoms with Crippen LogP contribution in [-0.2, 0) is 6.54 Å². The molecule has 0 atom stereocenters. The Morgan fingerprint density at radius 1 is 1.31 bits per heavy atom. The first-order chi connectivity index (χ1) is 7.75. The standard InChI is InChI=1S/C14H18ClN/c1-12(15)14-8-5-9-16(11-14)10-13-6-3-2-4-7-13/h2-4,6-7H,5,8-11H2,1H3/b14-12+. The lowest BCUT2D eigenvalue weighted by molar-refractivity contribution is 0.257. The van der Waals surface area contributed by atoms with Crippen LogP contribution in [-0.4, -0.2) is 18.0 Å². The van der Waals surface area contributed by atoms with Gasteiger partial charge in [0.2, 0.25) is 0 Å². The second-order valence-electron chi connectivity index (χ2n) is 4.44. The molecule has 0 aliphatic carbocycles. The lowest BCUT2D eigenvalue weighted by Crippen LogP contribution is -2.30. The number of piperidine rings is 1. The monoisotopic (exact) mass is 235 g/mol. The van der Waals surface area contributed by atoms with E-state index in [0.29, 0.717) is 0 Å². The average molecular weight is 236 g/mol. The van der Waals surface area contributed by atoms with Crippen molar-refractivity contribution in [1.82, 2.24) is 4.90 Å². The normalized spacial score (nSPS) is 20.9. The molecule has 2 heteroatoms. The molecule has 0 radical (unpaired) electrons. The summed E-state index contributed by atoms with van der Waals surface area (Å²) < 4.78 is 0. The van der Waals surface area contributed by atoms with E-state index in [9.17, 15) is 0 Å². The summed E-state index contributed by atoms with van der Waals surface area (Å²) in [6.07, 6.45) is 2.40. The van der Waals surface area contributed by atoms with Crippen LogP contribution in [0.3, 0.4) is 0 Å². The highest BCUT2D eigenvalue weighted by molar-refractivity contribution is 6.29. The van der Waals surface area contributed by atoms with E-state index in [1.165, 1.54) is 30.5 Å². The Kier molecular flexibility index (Phi) is 4.03. The van der Waals surface area contributed by atoms with Gasteiger partial charge in [0, 0.05) is 18.1 Å². The molecule has 1 aliphatic heterocycles. The zero-order chi connectivity index (χ0) is 11.4. The largest absolute Gasteiger partial charge is 0.295 e.